The van der Waals surface area contributed by atoms with Crippen LogP contribution in [0.25, 0.3) is 0 Å². The molecule has 0 radical (unpaired) electrons. The highest BCUT2D eigenvalue weighted by Crippen LogP contribution is 2.33. The lowest BCUT2D eigenvalue weighted by Crippen LogP contribution is -2.24. The number of hydrogen-bond donors (Lipinski definition) is 3. The van der Waals surface area contributed by atoms with E-state index in [0.29, 0.717) is 36.0 Å². The fourth-order valence-corrected chi connectivity index (χ4v) is 2.19. The zero-order valence-corrected chi connectivity index (χ0v) is 13.8. The lowest BCUT2D eigenvalue weighted by Gasteiger charge is -2.22. The van der Waals surface area contributed by atoms with E-state index in [1.54, 1.807) is 19.9 Å². The molecule has 0 spiro atoms. The van der Waals surface area contributed by atoms with Gasteiger partial charge in [0.1, 0.15) is 11.5 Å². The molecule has 3 N–H and O–H groups in total. The standard InChI is InChI=1S/C18H28O3/c1-6-12(2)7-9-18(5,21)10-8-15-11-16(19)13(3)14(4)17(15)20/h7,11,19-21H,6,8-10H2,1-5H3/b12-7+. The Kier molecular flexibility index (Phi) is 5.85. The van der Waals surface area contributed by atoms with Gasteiger partial charge < -0.3 is 15.3 Å². The van der Waals surface area contributed by atoms with Crippen molar-refractivity contribution in [3.63, 3.8) is 0 Å². The fraction of sp³-hybridized carbons (Fsp3) is 0.556. The van der Waals surface area contributed by atoms with Crippen molar-refractivity contribution in [1.82, 2.24) is 0 Å². The summed E-state index contributed by atoms with van der Waals surface area (Å²) in [5, 5.41) is 30.4. The Balaban J connectivity index is 2.79. The highest BCUT2D eigenvalue weighted by molar-refractivity contribution is 5.51. The van der Waals surface area contributed by atoms with Crippen molar-refractivity contribution in [2.24, 2.45) is 0 Å². The summed E-state index contributed by atoms with van der Waals surface area (Å²) in [7, 11) is 0. The van der Waals surface area contributed by atoms with Gasteiger partial charge in [0.2, 0.25) is 0 Å². The Hall–Kier alpha value is -1.48. The Morgan fingerprint density at radius 3 is 2.43 bits per heavy atom. The van der Waals surface area contributed by atoms with Crippen molar-refractivity contribution in [3.05, 3.63) is 34.4 Å². The van der Waals surface area contributed by atoms with Gasteiger partial charge >= 0.3 is 0 Å². The van der Waals surface area contributed by atoms with Crippen LogP contribution in [0.3, 0.4) is 0 Å². The van der Waals surface area contributed by atoms with Crippen molar-refractivity contribution in [1.29, 1.82) is 0 Å². The third-order valence-corrected chi connectivity index (χ3v) is 4.30. The van der Waals surface area contributed by atoms with E-state index >= 15 is 0 Å². The van der Waals surface area contributed by atoms with Gasteiger partial charge in [0, 0.05) is 0 Å². The highest BCUT2D eigenvalue weighted by atomic mass is 16.3. The Morgan fingerprint density at radius 2 is 1.86 bits per heavy atom. The third-order valence-electron chi connectivity index (χ3n) is 4.30. The molecule has 0 aliphatic rings. The van der Waals surface area contributed by atoms with E-state index < -0.39 is 5.60 Å². The lowest BCUT2D eigenvalue weighted by molar-refractivity contribution is 0.0540. The molecule has 3 nitrogen and oxygen atoms in total. The minimum absolute atomic E-state index is 0.196. The molecule has 0 aromatic heterocycles. The zero-order chi connectivity index (χ0) is 16.2. The molecular weight excluding hydrogens is 264 g/mol. The quantitative estimate of drug-likeness (QED) is 0.545. The topological polar surface area (TPSA) is 60.7 Å². The van der Waals surface area contributed by atoms with Gasteiger partial charge in [0.05, 0.1) is 5.60 Å². The van der Waals surface area contributed by atoms with Crippen molar-refractivity contribution < 1.29 is 15.3 Å². The molecule has 1 aromatic carbocycles. The minimum atomic E-state index is -0.808. The van der Waals surface area contributed by atoms with Crippen molar-refractivity contribution >= 4 is 0 Å². The minimum Gasteiger partial charge on any atom is -0.508 e. The lowest BCUT2D eigenvalue weighted by atomic mass is 9.91. The molecule has 3 heteroatoms. The predicted octanol–water partition coefficient (Wildman–Crippen LogP) is 4.14. The number of aliphatic hydroxyl groups is 1. The SMILES string of the molecule is CC/C(C)=C/CC(C)(O)CCc1cc(O)c(C)c(C)c1O. The molecule has 0 saturated heterocycles. The molecule has 0 saturated carbocycles. The number of aromatic hydroxyl groups is 2. The monoisotopic (exact) mass is 292 g/mol. The summed E-state index contributed by atoms with van der Waals surface area (Å²) < 4.78 is 0. The number of phenols is 2. The molecule has 0 fully saturated rings. The normalized spacial score (nSPS) is 15.0. The average Bonchev–Trinajstić information content (AvgIpc) is 2.45. The molecule has 0 amide bonds. The second kappa shape index (κ2) is 6.99. The van der Waals surface area contributed by atoms with Gasteiger partial charge in [0.25, 0.3) is 0 Å². The second-order valence-corrected chi connectivity index (χ2v) is 6.26. The molecule has 1 unspecified atom stereocenters. The smallest absolute Gasteiger partial charge is 0.122 e. The van der Waals surface area contributed by atoms with Crippen molar-refractivity contribution in [2.45, 2.75) is 65.9 Å². The second-order valence-electron chi connectivity index (χ2n) is 6.26. The summed E-state index contributed by atoms with van der Waals surface area (Å²) >= 11 is 0. The molecule has 21 heavy (non-hydrogen) atoms. The van der Waals surface area contributed by atoms with E-state index in [4.69, 9.17) is 0 Å². The highest BCUT2D eigenvalue weighted by Gasteiger charge is 2.20. The average molecular weight is 292 g/mol. The third kappa shape index (κ3) is 4.78. The van der Waals surface area contributed by atoms with Crippen molar-refractivity contribution in [2.75, 3.05) is 0 Å². The number of rotatable bonds is 6. The fourth-order valence-electron chi connectivity index (χ4n) is 2.19. The number of phenolic OH excluding ortho intramolecular Hbond substituents is 2. The molecule has 0 aliphatic heterocycles. The van der Waals surface area contributed by atoms with Crippen LogP contribution in [0.4, 0.5) is 0 Å². The first-order valence-corrected chi connectivity index (χ1v) is 7.57. The summed E-state index contributed by atoms with van der Waals surface area (Å²) in [5.74, 6) is 0.419. The molecule has 1 rings (SSSR count). The summed E-state index contributed by atoms with van der Waals surface area (Å²) in [6, 6.07) is 1.60. The molecule has 1 aromatic rings. The number of benzene rings is 1. The van der Waals surface area contributed by atoms with Crippen LogP contribution < -0.4 is 0 Å². The Labute approximate surface area is 128 Å². The first-order chi connectivity index (χ1) is 9.68. The maximum absolute atomic E-state index is 10.4. The van der Waals surface area contributed by atoms with Crippen LogP contribution in [-0.4, -0.2) is 20.9 Å². The first kappa shape index (κ1) is 17.6. The molecule has 118 valence electrons. The van der Waals surface area contributed by atoms with E-state index in [2.05, 4.69) is 19.9 Å². The van der Waals surface area contributed by atoms with E-state index in [0.717, 1.165) is 6.42 Å². The van der Waals surface area contributed by atoms with Crippen LogP contribution in [-0.2, 0) is 6.42 Å². The predicted molar refractivity (Wildman–Crippen MR) is 86.9 cm³/mol. The molecule has 0 heterocycles. The summed E-state index contributed by atoms with van der Waals surface area (Å²) in [4.78, 5) is 0. The molecular formula is C18H28O3. The van der Waals surface area contributed by atoms with Crippen LogP contribution in [0.5, 0.6) is 11.5 Å². The van der Waals surface area contributed by atoms with E-state index in [1.165, 1.54) is 5.57 Å². The van der Waals surface area contributed by atoms with Crippen LogP contribution >= 0.6 is 0 Å². The van der Waals surface area contributed by atoms with Gasteiger partial charge in [-0.1, -0.05) is 18.6 Å². The van der Waals surface area contributed by atoms with E-state index in [-0.39, 0.29) is 11.5 Å². The van der Waals surface area contributed by atoms with Gasteiger partial charge in [-0.25, -0.2) is 0 Å². The summed E-state index contributed by atoms with van der Waals surface area (Å²) in [6.45, 7) is 9.53. The van der Waals surface area contributed by atoms with Gasteiger partial charge in [0.15, 0.2) is 0 Å². The number of aryl methyl sites for hydroxylation is 1. The first-order valence-electron chi connectivity index (χ1n) is 7.57. The maximum atomic E-state index is 10.4. The van der Waals surface area contributed by atoms with Gasteiger partial charge in [-0.3, -0.25) is 0 Å². The zero-order valence-electron chi connectivity index (χ0n) is 13.8. The molecule has 0 bridgehead atoms. The van der Waals surface area contributed by atoms with Gasteiger partial charge in [-0.05, 0) is 76.1 Å². The summed E-state index contributed by atoms with van der Waals surface area (Å²) in [5.41, 5.74) is 2.54. The van der Waals surface area contributed by atoms with Crippen LogP contribution in [0.15, 0.2) is 17.7 Å². The van der Waals surface area contributed by atoms with Crippen LogP contribution in [0, 0.1) is 13.8 Å². The summed E-state index contributed by atoms with van der Waals surface area (Å²) in [6.07, 6.45) is 4.73. The molecule has 1 atom stereocenters. The van der Waals surface area contributed by atoms with E-state index in [9.17, 15) is 15.3 Å². The van der Waals surface area contributed by atoms with Crippen molar-refractivity contribution in [3.8, 4) is 11.5 Å². The molecule has 0 aliphatic carbocycles. The van der Waals surface area contributed by atoms with Crippen LogP contribution in [0.1, 0.15) is 56.7 Å². The van der Waals surface area contributed by atoms with E-state index in [1.807, 2.05) is 6.92 Å². The van der Waals surface area contributed by atoms with Crippen LogP contribution in [0.2, 0.25) is 0 Å². The number of allylic oxidation sites excluding steroid dienone is 1. The maximum Gasteiger partial charge on any atom is 0.122 e. The Morgan fingerprint density at radius 1 is 1.24 bits per heavy atom. The Bertz CT molecular complexity index is 528. The largest absolute Gasteiger partial charge is 0.508 e. The van der Waals surface area contributed by atoms with Gasteiger partial charge in [-0.2, -0.15) is 0 Å². The number of hydrogen-bond acceptors (Lipinski definition) is 3. The van der Waals surface area contributed by atoms with Gasteiger partial charge in [-0.15, -0.1) is 0 Å².